The van der Waals surface area contributed by atoms with Gasteiger partial charge in [-0.1, -0.05) is 85.2 Å². The Balaban J connectivity index is 1.45. The van der Waals surface area contributed by atoms with Gasteiger partial charge in [-0.2, -0.15) is 0 Å². The van der Waals surface area contributed by atoms with Gasteiger partial charge in [0, 0.05) is 94.7 Å². The highest BCUT2D eigenvalue weighted by molar-refractivity contribution is 5.44. The van der Waals surface area contributed by atoms with E-state index in [1.54, 1.807) is 0 Å². The van der Waals surface area contributed by atoms with Crippen LogP contribution < -0.4 is 0 Å². The van der Waals surface area contributed by atoms with E-state index >= 15 is 0 Å². The molecule has 3 N–H and O–H groups in total. The van der Waals surface area contributed by atoms with Crippen molar-refractivity contribution in [1.82, 2.24) is 19.6 Å². The molecule has 0 bridgehead atoms. The average molecular weight is 685 g/mol. The predicted octanol–water partition coefficient (Wildman–Crippen LogP) is 7.89. The van der Waals surface area contributed by atoms with Crippen LogP contribution in [0.15, 0.2) is 36.4 Å². The van der Waals surface area contributed by atoms with Gasteiger partial charge in [0.05, 0.1) is 0 Å². The third-order valence-corrected chi connectivity index (χ3v) is 11.2. The number of benzene rings is 3. The second kappa shape index (κ2) is 17.9. The van der Waals surface area contributed by atoms with Crippen molar-refractivity contribution in [3.63, 3.8) is 0 Å². The van der Waals surface area contributed by atoms with Crippen LogP contribution in [0, 0.1) is 41.5 Å². The highest BCUT2D eigenvalue weighted by atomic mass is 16.3. The molecule has 7 nitrogen and oxygen atoms in total. The van der Waals surface area contributed by atoms with E-state index in [4.69, 9.17) is 0 Å². The molecule has 1 aliphatic heterocycles. The van der Waals surface area contributed by atoms with Crippen LogP contribution in [0.1, 0.15) is 95.0 Å². The first-order chi connectivity index (χ1) is 24.0. The lowest BCUT2D eigenvalue weighted by Gasteiger charge is -2.38. The molecule has 1 aliphatic carbocycles. The number of nitrogens with zero attached hydrogens (tertiary/aromatic N) is 4. The Bertz CT molecular complexity index is 1490. The summed E-state index contributed by atoms with van der Waals surface area (Å²) in [7, 11) is 0. The predicted molar refractivity (Wildman–Crippen MR) is 206 cm³/mol. The van der Waals surface area contributed by atoms with Crippen LogP contribution in [-0.4, -0.2) is 93.3 Å². The van der Waals surface area contributed by atoms with Crippen LogP contribution in [-0.2, 0) is 19.6 Å². The zero-order chi connectivity index (χ0) is 35.8. The summed E-state index contributed by atoms with van der Waals surface area (Å²) < 4.78 is 0. The summed E-state index contributed by atoms with van der Waals surface area (Å²) in [6.45, 7) is 21.7. The normalized spacial score (nSPS) is 19.1. The largest absolute Gasteiger partial charge is 0.507 e. The fourth-order valence-corrected chi connectivity index (χ4v) is 8.42. The van der Waals surface area contributed by atoms with Crippen molar-refractivity contribution in [3.8, 4) is 17.2 Å². The topological polar surface area (TPSA) is 73.7 Å². The molecule has 0 aromatic heterocycles. The van der Waals surface area contributed by atoms with Crippen LogP contribution in [0.5, 0.6) is 17.2 Å². The molecule has 0 spiro atoms. The molecule has 3 aromatic carbocycles. The van der Waals surface area contributed by atoms with E-state index in [-0.39, 0.29) is 0 Å². The summed E-state index contributed by atoms with van der Waals surface area (Å²) in [6.07, 6.45) is 9.19. The highest BCUT2D eigenvalue weighted by Crippen LogP contribution is 2.29. The summed E-state index contributed by atoms with van der Waals surface area (Å²) in [6, 6.07) is 13.2. The van der Waals surface area contributed by atoms with Gasteiger partial charge in [0.1, 0.15) is 17.2 Å². The lowest BCUT2D eigenvalue weighted by molar-refractivity contribution is 0.0946. The molecule has 1 saturated carbocycles. The van der Waals surface area contributed by atoms with Crippen molar-refractivity contribution in [2.24, 2.45) is 0 Å². The minimum absolute atomic E-state index is 0.394. The lowest BCUT2D eigenvalue weighted by atomic mass is 9.95. The quantitative estimate of drug-likeness (QED) is 0.234. The summed E-state index contributed by atoms with van der Waals surface area (Å²) in [5.74, 6) is 1.23. The Morgan fingerprint density at radius 1 is 0.440 bits per heavy atom. The van der Waals surface area contributed by atoms with Crippen LogP contribution in [0.2, 0.25) is 0 Å². The number of aryl methyl sites for hydroxylation is 6. The van der Waals surface area contributed by atoms with E-state index in [9.17, 15) is 15.3 Å². The van der Waals surface area contributed by atoms with E-state index in [0.29, 0.717) is 42.9 Å². The van der Waals surface area contributed by atoms with Crippen LogP contribution in [0.25, 0.3) is 0 Å². The monoisotopic (exact) mass is 684 g/mol. The molecule has 7 heteroatoms. The van der Waals surface area contributed by atoms with Crippen LogP contribution >= 0.6 is 0 Å². The summed E-state index contributed by atoms with van der Waals surface area (Å²) in [4.78, 5) is 10.4. The van der Waals surface area contributed by atoms with E-state index in [1.807, 2.05) is 26.8 Å². The number of aromatic hydroxyl groups is 3. The third-order valence-electron chi connectivity index (χ3n) is 11.2. The molecule has 0 amide bonds. The average Bonchev–Trinajstić information content (AvgIpc) is 3.04. The molecule has 1 heterocycles. The number of hydrogen-bond acceptors (Lipinski definition) is 7. The second-order valence-corrected chi connectivity index (χ2v) is 15.6. The summed E-state index contributed by atoms with van der Waals surface area (Å²) in [5, 5.41) is 33.3. The molecule has 1 saturated heterocycles. The van der Waals surface area contributed by atoms with Crippen molar-refractivity contribution < 1.29 is 15.3 Å². The first-order valence-corrected chi connectivity index (χ1v) is 19.2. The third kappa shape index (κ3) is 10.5. The molecule has 2 fully saturated rings. The molecular formula is C43H64N4O3. The highest BCUT2D eigenvalue weighted by Gasteiger charge is 2.24. The molecule has 2 aliphatic rings. The lowest BCUT2D eigenvalue weighted by Crippen LogP contribution is -2.48. The Kier molecular flexibility index (Phi) is 13.7. The van der Waals surface area contributed by atoms with Crippen molar-refractivity contribution in [2.45, 2.75) is 112 Å². The Morgan fingerprint density at radius 3 is 1.08 bits per heavy atom. The Morgan fingerprint density at radius 2 is 0.740 bits per heavy atom. The molecule has 0 unspecified atom stereocenters. The summed E-state index contributed by atoms with van der Waals surface area (Å²) in [5.41, 5.74) is 9.31. The summed E-state index contributed by atoms with van der Waals surface area (Å²) >= 11 is 0. The smallest absolute Gasteiger partial charge is 0.122 e. The van der Waals surface area contributed by atoms with Crippen molar-refractivity contribution in [3.05, 3.63) is 86.5 Å². The number of phenolic OH excluding ortho intramolecular Hbond substituents is 3. The van der Waals surface area contributed by atoms with Crippen molar-refractivity contribution in [2.75, 3.05) is 52.4 Å². The van der Waals surface area contributed by atoms with Crippen molar-refractivity contribution >= 4 is 0 Å². The van der Waals surface area contributed by atoms with Gasteiger partial charge in [-0.15, -0.1) is 0 Å². The van der Waals surface area contributed by atoms with Crippen LogP contribution in [0.3, 0.4) is 0 Å². The zero-order valence-electron chi connectivity index (χ0n) is 31.9. The van der Waals surface area contributed by atoms with E-state index < -0.39 is 0 Å². The van der Waals surface area contributed by atoms with E-state index in [0.717, 1.165) is 91.3 Å². The molecule has 3 aromatic rings. The maximum absolute atomic E-state index is 11.1. The maximum Gasteiger partial charge on any atom is 0.122 e. The minimum atomic E-state index is 0.394. The van der Waals surface area contributed by atoms with Gasteiger partial charge in [0.2, 0.25) is 0 Å². The van der Waals surface area contributed by atoms with Crippen molar-refractivity contribution in [1.29, 1.82) is 0 Å². The van der Waals surface area contributed by atoms with Gasteiger partial charge < -0.3 is 15.3 Å². The van der Waals surface area contributed by atoms with E-state index in [1.165, 1.54) is 56.1 Å². The first kappa shape index (κ1) is 38.1. The number of hydrogen-bond donors (Lipinski definition) is 3. The van der Waals surface area contributed by atoms with Gasteiger partial charge in [0.15, 0.2) is 0 Å². The molecule has 0 atom stereocenters. The molecule has 0 radical (unpaired) electrons. The number of rotatable bonds is 7. The van der Waals surface area contributed by atoms with Gasteiger partial charge in [-0.05, 0) is 71.1 Å². The fourth-order valence-electron chi connectivity index (χ4n) is 8.42. The minimum Gasteiger partial charge on any atom is -0.507 e. The van der Waals surface area contributed by atoms with Gasteiger partial charge in [-0.3, -0.25) is 19.6 Å². The Labute approximate surface area is 302 Å². The molecular weight excluding hydrogens is 620 g/mol. The Hall–Kier alpha value is -3.10. The SMILES string of the molecule is Cc1cc(C)c(O)c(CN2CCN(Cc3cc(C)cc(C)c3O)CCN(C3CCCCCCC3)CCN(Cc3cc(C)cc(C)c3O)CC2)c1. The molecule has 274 valence electrons. The van der Waals surface area contributed by atoms with Gasteiger partial charge in [-0.25, -0.2) is 0 Å². The van der Waals surface area contributed by atoms with Crippen LogP contribution in [0.4, 0.5) is 0 Å². The molecule has 5 rings (SSSR count). The molecule has 50 heavy (non-hydrogen) atoms. The standard InChI is InChI=1S/C43H64N4O3/c1-31-22-34(4)41(48)37(25-31)28-44-14-16-45(29-38-26-32(2)23-35(5)42(38)49)18-20-47(40-12-10-8-7-9-11-13-40)21-19-46(17-15-44)30-39-27-33(3)24-36(6)43(39)50/h22-27,40,48-50H,7-21,28-30H2,1-6H3. The number of phenols is 3. The van der Waals surface area contributed by atoms with Gasteiger partial charge in [0.25, 0.3) is 0 Å². The van der Waals surface area contributed by atoms with E-state index in [2.05, 4.69) is 70.7 Å². The fraction of sp³-hybridized carbons (Fsp3) is 0.581. The maximum atomic E-state index is 11.1. The van der Waals surface area contributed by atoms with Gasteiger partial charge >= 0.3 is 0 Å². The second-order valence-electron chi connectivity index (χ2n) is 15.6. The first-order valence-electron chi connectivity index (χ1n) is 19.2. The zero-order valence-corrected chi connectivity index (χ0v) is 31.9.